The van der Waals surface area contributed by atoms with Crippen molar-refractivity contribution in [2.45, 2.75) is 39.3 Å². The van der Waals surface area contributed by atoms with Crippen LogP contribution in [0, 0.1) is 11.3 Å². The molecule has 1 N–H and O–H groups in total. The highest BCUT2D eigenvalue weighted by Crippen LogP contribution is 2.18. The highest BCUT2D eigenvalue weighted by Gasteiger charge is 2.25. The van der Waals surface area contributed by atoms with Crippen LogP contribution < -0.4 is 10.1 Å². The number of ether oxygens (including phenoxy) is 2. The molecule has 0 radical (unpaired) electrons. The van der Waals surface area contributed by atoms with Crippen molar-refractivity contribution in [3.8, 4) is 11.8 Å². The quantitative estimate of drug-likeness (QED) is 0.588. The molecule has 1 aliphatic rings. The Morgan fingerprint density at radius 1 is 1.17 bits per heavy atom. The summed E-state index contributed by atoms with van der Waals surface area (Å²) in [4.78, 5) is 28.2. The Morgan fingerprint density at radius 3 is 2.27 bits per heavy atom. The lowest BCUT2D eigenvalue weighted by molar-refractivity contribution is -0.117. The monoisotopic (exact) mass is 414 g/mol. The molecule has 1 unspecified atom stereocenters. The molecule has 2 amide bonds. The van der Waals surface area contributed by atoms with E-state index in [0.29, 0.717) is 26.2 Å². The van der Waals surface area contributed by atoms with Gasteiger partial charge in [-0.15, -0.1) is 0 Å². The Morgan fingerprint density at radius 2 is 1.77 bits per heavy atom. The summed E-state index contributed by atoms with van der Waals surface area (Å²) in [6.07, 6.45) is 1.21. The van der Waals surface area contributed by atoms with Crippen LogP contribution in [-0.4, -0.2) is 60.7 Å². The van der Waals surface area contributed by atoms with E-state index in [1.807, 2.05) is 62.9 Å². The van der Waals surface area contributed by atoms with Crippen LogP contribution >= 0.6 is 0 Å². The van der Waals surface area contributed by atoms with E-state index in [1.165, 1.54) is 0 Å². The summed E-state index contributed by atoms with van der Waals surface area (Å²) in [5.74, 6) is 0.302. The van der Waals surface area contributed by atoms with Crippen molar-refractivity contribution in [1.29, 1.82) is 5.26 Å². The van der Waals surface area contributed by atoms with Gasteiger partial charge in [0.1, 0.15) is 23.0 Å². The van der Waals surface area contributed by atoms with Crippen LogP contribution in [0.4, 0.5) is 4.79 Å². The Labute approximate surface area is 178 Å². The number of nitrogens with zero attached hydrogens (tertiary/aromatic N) is 3. The van der Waals surface area contributed by atoms with Gasteiger partial charge in [-0.1, -0.05) is 12.1 Å². The van der Waals surface area contributed by atoms with Crippen LogP contribution in [0.5, 0.6) is 5.75 Å². The largest absolute Gasteiger partial charge is 0.497 e. The zero-order valence-electron chi connectivity index (χ0n) is 18.3. The fraction of sp³-hybridized carbons (Fsp3) is 0.500. The van der Waals surface area contributed by atoms with Crippen molar-refractivity contribution in [2.24, 2.45) is 0 Å². The van der Waals surface area contributed by atoms with Crippen LogP contribution in [0.1, 0.15) is 39.3 Å². The fourth-order valence-corrected chi connectivity index (χ4v) is 2.93. The molecule has 0 saturated carbocycles. The van der Waals surface area contributed by atoms with Gasteiger partial charge in [0.15, 0.2) is 0 Å². The van der Waals surface area contributed by atoms with Crippen molar-refractivity contribution < 1.29 is 19.1 Å². The molecule has 1 saturated heterocycles. The Balaban J connectivity index is 1.93. The first-order valence-corrected chi connectivity index (χ1v) is 9.91. The number of piperazine rings is 1. The van der Waals surface area contributed by atoms with Crippen molar-refractivity contribution in [1.82, 2.24) is 15.1 Å². The van der Waals surface area contributed by atoms with Gasteiger partial charge >= 0.3 is 6.09 Å². The molecule has 162 valence electrons. The summed E-state index contributed by atoms with van der Waals surface area (Å²) in [7, 11) is 1.59. The number of nitriles is 1. The molecule has 1 heterocycles. The molecule has 1 aromatic carbocycles. The topological polar surface area (TPSA) is 94.9 Å². The van der Waals surface area contributed by atoms with E-state index in [9.17, 15) is 14.9 Å². The molecule has 0 spiro atoms. The van der Waals surface area contributed by atoms with Crippen molar-refractivity contribution in [2.75, 3.05) is 33.3 Å². The normalized spacial score (nSPS) is 15.8. The Bertz CT molecular complexity index is 813. The standard InChI is InChI=1S/C22H30N4O4/c1-16(17-6-8-19(29-5)9-7-17)24-20(27)18(14-23)15-25-10-12-26(13-11-25)21(28)30-22(2,3)4/h6-9,15-16H,10-13H2,1-5H3,(H,24,27)/b18-15-. The summed E-state index contributed by atoms with van der Waals surface area (Å²) in [6.45, 7) is 9.31. The number of rotatable bonds is 5. The third-order valence-electron chi connectivity index (χ3n) is 4.61. The van der Waals surface area contributed by atoms with Gasteiger partial charge in [-0.05, 0) is 45.4 Å². The highest BCUT2D eigenvalue weighted by atomic mass is 16.6. The van der Waals surface area contributed by atoms with Gasteiger partial charge in [0.25, 0.3) is 5.91 Å². The lowest BCUT2D eigenvalue weighted by Crippen LogP contribution is -2.48. The summed E-state index contributed by atoms with van der Waals surface area (Å²) in [5, 5.41) is 12.3. The first-order valence-electron chi connectivity index (χ1n) is 9.91. The second-order valence-corrected chi connectivity index (χ2v) is 8.13. The third-order valence-corrected chi connectivity index (χ3v) is 4.61. The Kier molecular flexibility index (Phi) is 7.70. The van der Waals surface area contributed by atoms with Crippen molar-refractivity contribution in [3.63, 3.8) is 0 Å². The van der Waals surface area contributed by atoms with E-state index < -0.39 is 11.5 Å². The van der Waals surface area contributed by atoms with Gasteiger partial charge in [0.05, 0.1) is 13.2 Å². The highest BCUT2D eigenvalue weighted by molar-refractivity contribution is 5.97. The van der Waals surface area contributed by atoms with E-state index in [2.05, 4.69) is 5.32 Å². The predicted molar refractivity (Wildman–Crippen MR) is 113 cm³/mol. The van der Waals surface area contributed by atoms with Crippen LogP contribution in [0.3, 0.4) is 0 Å². The SMILES string of the molecule is COc1ccc(C(C)NC(=O)/C(C#N)=C\N2CCN(C(=O)OC(C)(C)C)CC2)cc1. The average Bonchev–Trinajstić information content (AvgIpc) is 2.71. The summed E-state index contributed by atoms with van der Waals surface area (Å²) < 4.78 is 10.5. The summed E-state index contributed by atoms with van der Waals surface area (Å²) >= 11 is 0. The Hall–Kier alpha value is -3.21. The molecule has 1 aliphatic heterocycles. The average molecular weight is 415 g/mol. The van der Waals surface area contributed by atoms with Gasteiger partial charge in [0, 0.05) is 32.4 Å². The summed E-state index contributed by atoms with van der Waals surface area (Å²) in [6, 6.07) is 9.10. The van der Waals surface area contributed by atoms with Gasteiger partial charge in [-0.2, -0.15) is 5.26 Å². The number of amides is 2. The lowest BCUT2D eigenvalue weighted by Gasteiger charge is -2.35. The minimum absolute atomic E-state index is 0.0288. The van der Waals surface area contributed by atoms with E-state index >= 15 is 0 Å². The molecule has 8 nitrogen and oxygen atoms in total. The summed E-state index contributed by atoms with van der Waals surface area (Å²) in [5.41, 5.74) is 0.398. The van der Waals surface area contributed by atoms with Gasteiger partial charge in [0.2, 0.25) is 0 Å². The number of nitrogens with one attached hydrogen (secondary N) is 1. The minimum atomic E-state index is -0.541. The number of benzene rings is 1. The molecule has 1 aromatic rings. The number of methoxy groups -OCH3 is 1. The number of carbonyl (C=O) groups is 2. The molecule has 8 heteroatoms. The molecule has 0 aliphatic carbocycles. The molecule has 1 fully saturated rings. The molecular weight excluding hydrogens is 384 g/mol. The van der Waals surface area contributed by atoms with Crippen LogP contribution in [0.15, 0.2) is 36.0 Å². The molecule has 2 rings (SSSR count). The zero-order chi connectivity index (χ0) is 22.3. The maximum Gasteiger partial charge on any atom is 0.410 e. The van der Waals surface area contributed by atoms with Gasteiger partial charge in [-0.25, -0.2) is 4.79 Å². The molecule has 0 aromatic heterocycles. The van der Waals surface area contributed by atoms with Gasteiger partial charge in [-0.3, -0.25) is 4.79 Å². The fourth-order valence-electron chi connectivity index (χ4n) is 2.93. The second kappa shape index (κ2) is 10.0. The van der Waals surface area contributed by atoms with E-state index in [-0.39, 0.29) is 17.7 Å². The smallest absolute Gasteiger partial charge is 0.410 e. The van der Waals surface area contributed by atoms with Crippen LogP contribution in [-0.2, 0) is 9.53 Å². The first-order chi connectivity index (χ1) is 14.1. The lowest BCUT2D eigenvalue weighted by atomic mass is 10.1. The molecule has 1 atom stereocenters. The van der Waals surface area contributed by atoms with E-state index in [1.54, 1.807) is 18.2 Å². The number of carbonyl (C=O) groups excluding carboxylic acids is 2. The van der Waals surface area contributed by atoms with Crippen molar-refractivity contribution in [3.05, 3.63) is 41.6 Å². The molecule has 0 bridgehead atoms. The predicted octanol–water partition coefficient (Wildman–Crippen LogP) is 2.83. The first kappa shape index (κ1) is 23.1. The maximum absolute atomic E-state index is 12.5. The van der Waals surface area contributed by atoms with E-state index in [0.717, 1.165) is 11.3 Å². The number of hydrogen-bond acceptors (Lipinski definition) is 6. The third kappa shape index (κ3) is 6.69. The maximum atomic E-state index is 12.5. The minimum Gasteiger partial charge on any atom is -0.497 e. The molecular formula is C22H30N4O4. The van der Waals surface area contributed by atoms with E-state index in [4.69, 9.17) is 9.47 Å². The van der Waals surface area contributed by atoms with Crippen molar-refractivity contribution >= 4 is 12.0 Å². The molecule has 30 heavy (non-hydrogen) atoms. The second-order valence-electron chi connectivity index (χ2n) is 8.13. The van der Waals surface area contributed by atoms with Crippen LogP contribution in [0.2, 0.25) is 0 Å². The zero-order valence-corrected chi connectivity index (χ0v) is 18.3. The van der Waals surface area contributed by atoms with Crippen LogP contribution in [0.25, 0.3) is 0 Å². The van der Waals surface area contributed by atoms with Gasteiger partial charge < -0.3 is 24.6 Å². The number of hydrogen-bond donors (Lipinski definition) is 1.